The zero-order chi connectivity index (χ0) is 27.0. The Morgan fingerprint density at radius 2 is 1.79 bits per heavy atom. The summed E-state index contributed by atoms with van der Waals surface area (Å²) in [5.41, 5.74) is 1.68. The Bertz CT molecular complexity index is 1210. The SMILES string of the molecule is O=C1CC[C@@H](N2Cc3c(NC4(CCC5CC5)CCC(N5CC[C@]6(C5)CC6(F)F)CC4)cccc3C2=O)C(=O)N1. The van der Waals surface area contributed by atoms with E-state index in [2.05, 4.69) is 15.5 Å². The predicted molar refractivity (Wildman–Crippen MR) is 141 cm³/mol. The topological polar surface area (TPSA) is 81.8 Å². The summed E-state index contributed by atoms with van der Waals surface area (Å²) in [6, 6.07) is 5.52. The smallest absolute Gasteiger partial charge is 0.255 e. The molecule has 0 radical (unpaired) electrons. The first-order valence-electron chi connectivity index (χ1n) is 14.8. The maximum Gasteiger partial charge on any atom is 0.255 e. The number of alkyl halides is 2. The molecule has 0 aromatic heterocycles. The minimum absolute atomic E-state index is 0.0593. The first-order valence-corrected chi connectivity index (χ1v) is 14.8. The fraction of sp³-hybridized carbons (Fsp3) is 0.700. The van der Waals surface area contributed by atoms with Gasteiger partial charge in [-0.1, -0.05) is 18.9 Å². The van der Waals surface area contributed by atoms with Crippen LogP contribution < -0.4 is 10.6 Å². The largest absolute Gasteiger partial charge is 0.379 e. The van der Waals surface area contributed by atoms with Gasteiger partial charge in [-0.25, -0.2) is 8.78 Å². The summed E-state index contributed by atoms with van der Waals surface area (Å²) in [6.45, 7) is 1.68. The van der Waals surface area contributed by atoms with E-state index in [1.54, 1.807) is 4.90 Å². The summed E-state index contributed by atoms with van der Waals surface area (Å²) < 4.78 is 28.0. The predicted octanol–water partition coefficient (Wildman–Crippen LogP) is 4.46. The maximum atomic E-state index is 14.0. The van der Waals surface area contributed by atoms with Gasteiger partial charge >= 0.3 is 0 Å². The van der Waals surface area contributed by atoms with E-state index >= 15 is 0 Å². The Morgan fingerprint density at radius 1 is 1.03 bits per heavy atom. The van der Waals surface area contributed by atoms with Crippen LogP contribution in [0, 0.1) is 11.3 Å². The second kappa shape index (κ2) is 8.98. The molecule has 6 aliphatic rings. The Kier molecular flexibility index (Phi) is 5.85. The van der Waals surface area contributed by atoms with Crippen molar-refractivity contribution in [3.63, 3.8) is 0 Å². The third-order valence-corrected chi connectivity index (χ3v) is 10.7. The number of hydrogen-bond acceptors (Lipinski definition) is 5. The fourth-order valence-corrected chi connectivity index (χ4v) is 7.87. The van der Waals surface area contributed by atoms with Gasteiger partial charge in [-0.15, -0.1) is 0 Å². The molecule has 5 fully saturated rings. The average molecular weight is 541 g/mol. The molecule has 0 bridgehead atoms. The van der Waals surface area contributed by atoms with Crippen LogP contribution in [-0.2, 0) is 16.1 Å². The molecule has 39 heavy (non-hydrogen) atoms. The van der Waals surface area contributed by atoms with E-state index in [0.29, 0.717) is 37.5 Å². The van der Waals surface area contributed by atoms with Gasteiger partial charge in [0.25, 0.3) is 11.8 Å². The van der Waals surface area contributed by atoms with Gasteiger partial charge in [0.05, 0.1) is 5.41 Å². The summed E-state index contributed by atoms with van der Waals surface area (Å²) in [7, 11) is 0. The molecule has 1 spiro atoms. The Morgan fingerprint density at radius 3 is 2.46 bits per heavy atom. The van der Waals surface area contributed by atoms with Gasteiger partial charge in [0.2, 0.25) is 11.8 Å². The van der Waals surface area contributed by atoms with Crippen molar-refractivity contribution in [1.29, 1.82) is 0 Å². The number of carbonyl (C=O) groups excluding carboxylic acids is 3. The maximum absolute atomic E-state index is 14.0. The molecule has 7 nitrogen and oxygen atoms in total. The average Bonchev–Trinajstić information content (AvgIpc) is 3.72. The number of rotatable bonds is 7. The van der Waals surface area contributed by atoms with Crippen LogP contribution in [0.15, 0.2) is 18.2 Å². The minimum Gasteiger partial charge on any atom is -0.379 e. The van der Waals surface area contributed by atoms with Gasteiger partial charge in [-0.2, -0.15) is 0 Å². The third-order valence-electron chi connectivity index (χ3n) is 10.7. The van der Waals surface area contributed by atoms with Crippen LogP contribution in [0.2, 0.25) is 0 Å². The van der Waals surface area contributed by atoms with Gasteiger partial charge < -0.3 is 10.2 Å². The lowest BCUT2D eigenvalue weighted by atomic mass is 9.75. The molecule has 3 saturated carbocycles. The number of carbonyl (C=O) groups is 3. The van der Waals surface area contributed by atoms with Crippen LogP contribution in [0.5, 0.6) is 0 Å². The number of nitrogens with zero attached hydrogens (tertiary/aromatic N) is 2. The van der Waals surface area contributed by atoms with E-state index < -0.39 is 23.3 Å². The lowest BCUT2D eigenvalue weighted by molar-refractivity contribution is -0.136. The van der Waals surface area contributed by atoms with Crippen LogP contribution in [0.4, 0.5) is 14.5 Å². The van der Waals surface area contributed by atoms with Gasteiger partial charge in [0.15, 0.2) is 0 Å². The van der Waals surface area contributed by atoms with Crippen molar-refractivity contribution in [1.82, 2.24) is 15.1 Å². The summed E-state index contributed by atoms with van der Waals surface area (Å²) in [6.07, 6.45) is 10.1. The second-order valence-corrected chi connectivity index (χ2v) is 13.2. The van der Waals surface area contributed by atoms with E-state index in [-0.39, 0.29) is 30.2 Å². The van der Waals surface area contributed by atoms with Crippen LogP contribution in [-0.4, -0.2) is 64.2 Å². The lowest BCUT2D eigenvalue weighted by Crippen LogP contribution is -2.52. The highest BCUT2D eigenvalue weighted by atomic mass is 19.3. The lowest BCUT2D eigenvalue weighted by Gasteiger charge is -2.44. The molecule has 7 rings (SSSR count). The molecule has 3 aliphatic carbocycles. The second-order valence-electron chi connectivity index (χ2n) is 13.2. The number of imide groups is 1. The molecular formula is C30H38F2N4O3. The Balaban J connectivity index is 1.07. The highest BCUT2D eigenvalue weighted by Crippen LogP contribution is 2.65. The number of piperidine rings is 1. The van der Waals surface area contributed by atoms with Gasteiger partial charge in [-0.3, -0.25) is 24.6 Å². The van der Waals surface area contributed by atoms with Crippen molar-refractivity contribution in [3.8, 4) is 0 Å². The standard InChI is InChI=1S/C30H38F2N4O3/c31-30(32)17-28(30)14-15-35(18-28)20-9-12-29(13-10-20,11-8-19-4-5-19)34-23-3-1-2-21-22(23)16-36(27(21)39)24-6-7-25(37)33-26(24)38/h1-3,19-20,24,34H,4-18H2,(H,33,37,38)/t20?,24-,28-,29?/m1/s1. The fourth-order valence-electron chi connectivity index (χ4n) is 7.87. The van der Waals surface area contributed by atoms with Crippen molar-refractivity contribution < 1.29 is 23.2 Å². The monoisotopic (exact) mass is 540 g/mol. The molecule has 3 amide bonds. The van der Waals surface area contributed by atoms with Gasteiger partial charge in [-0.05, 0) is 76.0 Å². The number of nitrogens with one attached hydrogen (secondary N) is 2. The van der Waals surface area contributed by atoms with Crippen molar-refractivity contribution in [2.45, 2.75) is 107 Å². The molecular weight excluding hydrogens is 502 g/mol. The zero-order valence-electron chi connectivity index (χ0n) is 22.4. The van der Waals surface area contributed by atoms with E-state index in [4.69, 9.17) is 0 Å². The third kappa shape index (κ3) is 4.45. The number of fused-ring (bicyclic) bond motifs is 1. The first-order chi connectivity index (χ1) is 18.7. The minimum atomic E-state index is -2.47. The van der Waals surface area contributed by atoms with Crippen LogP contribution >= 0.6 is 0 Å². The van der Waals surface area contributed by atoms with Gasteiger partial charge in [0.1, 0.15) is 6.04 Å². The van der Waals surface area contributed by atoms with Crippen molar-refractivity contribution in [2.24, 2.45) is 11.3 Å². The Hall–Kier alpha value is -2.55. The number of likely N-dealkylation sites (tertiary alicyclic amines) is 1. The van der Waals surface area contributed by atoms with Crippen molar-refractivity contribution in [3.05, 3.63) is 29.3 Å². The van der Waals surface area contributed by atoms with Gasteiger partial charge in [0, 0.05) is 54.3 Å². The number of amides is 3. The molecule has 210 valence electrons. The number of benzene rings is 1. The quantitative estimate of drug-likeness (QED) is 0.499. The number of halogens is 2. The summed E-state index contributed by atoms with van der Waals surface area (Å²) >= 11 is 0. The molecule has 2 saturated heterocycles. The number of anilines is 1. The molecule has 0 unspecified atom stereocenters. The van der Waals surface area contributed by atoms with E-state index in [1.165, 1.54) is 19.3 Å². The van der Waals surface area contributed by atoms with E-state index in [1.807, 2.05) is 18.2 Å². The van der Waals surface area contributed by atoms with Crippen LogP contribution in [0.1, 0.15) is 93.0 Å². The molecule has 3 heterocycles. The summed E-state index contributed by atoms with van der Waals surface area (Å²) in [4.78, 5) is 41.5. The summed E-state index contributed by atoms with van der Waals surface area (Å²) in [5.74, 6) is -2.50. The van der Waals surface area contributed by atoms with Crippen LogP contribution in [0.3, 0.4) is 0 Å². The highest BCUT2D eigenvalue weighted by Gasteiger charge is 2.72. The normalized spacial score (nSPS) is 35.8. The van der Waals surface area contributed by atoms with Crippen molar-refractivity contribution in [2.75, 3.05) is 18.4 Å². The molecule has 2 N–H and O–H groups in total. The molecule has 1 aromatic rings. The van der Waals surface area contributed by atoms with Crippen molar-refractivity contribution >= 4 is 23.4 Å². The molecule has 3 aliphatic heterocycles. The first kappa shape index (κ1) is 25.4. The molecule has 2 atom stereocenters. The number of hydrogen-bond donors (Lipinski definition) is 2. The van der Waals surface area contributed by atoms with E-state index in [9.17, 15) is 23.2 Å². The zero-order valence-corrected chi connectivity index (χ0v) is 22.4. The van der Waals surface area contributed by atoms with E-state index in [0.717, 1.165) is 55.8 Å². The summed E-state index contributed by atoms with van der Waals surface area (Å²) in [5, 5.41) is 6.30. The highest BCUT2D eigenvalue weighted by molar-refractivity contribution is 6.06. The molecule has 1 aromatic carbocycles. The van der Waals surface area contributed by atoms with Crippen LogP contribution in [0.25, 0.3) is 0 Å². The molecule has 9 heteroatoms. The Labute approximate surface area is 228 Å².